The van der Waals surface area contributed by atoms with Gasteiger partial charge in [0.2, 0.25) is 0 Å². The maximum Gasteiger partial charge on any atom is 0.123 e. The van der Waals surface area contributed by atoms with Crippen LogP contribution in [-0.4, -0.2) is 22.0 Å². The molecule has 1 spiro atoms. The van der Waals surface area contributed by atoms with Crippen LogP contribution in [0.15, 0.2) is 36.0 Å². The number of halogens is 1. The number of ether oxygens (including phenoxy) is 1. The monoisotopic (exact) mass is 352 g/mol. The maximum atomic E-state index is 13.3. The molecule has 1 saturated carbocycles. The smallest absolute Gasteiger partial charge is 0.123 e. The quantitative estimate of drug-likeness (QED) is 0.727. The third kappa shape index (κ3) is 2.11. The van der Waals surface area contributed by atoms with E-state index in [9.17, 15) is 4.39 Å². The number of benzene rings is 1. The molecule has 0 amide bonds. The van der Waals surface area contributed by atoms with E-state index in [0.717, 1.165) is 43.7 Å². The summed E-state index contributed by atoms with van der Waals surface area (Å²) in [6, 6.07) is 6.55. The van der Waals surface area contributed by atoms with E-state index in [-0.39, 0.29) is 22.2 Å². The van der Waals surface area contributed by atoms with E-state index < -0.39 is 0 Å². The van der Waals surface area contributed by atoms with E-state index in [1.807, 2.05) is 10.9 Å². The molecule has 0 radical (unpaired) electrons. The molecule has 2 fully saturated rings. The Balaban J connectivity index is 1.57. The zero-order valence-corrected chi connectivity index (χ0v) is 15.7. The molecule has 3 aliphatic rings. The topological polar surface area (TPSA) is 27.1 Å². The van der Waals surface area contributed by atoms with Crippen LogP contribution in [0.25, 0.3) is 11.8 Å². The van der Waals surface area contributed by atoms with Gasteiger partial charge in [0.1, 0.15) is 5.82 Å². The predicted octanol–water partition coefficient (Wildman–Crippen LogP) is 4.94. The molecule has 1 aromatic heterocycles. The number of hydrogen-bond donors (Lipinski definition) is 0. The summed E-state index contributed by atoms with van der Waals surface area (Å²) in [5, 5.41) is 4.61. The van der Waals surface area contributed by atoms with Gasteiger partial charge in [0.05, 0.1) is 29.8 Å². The zero-order valence-electron chi connectivity index (χ0n) is 15.7. The summed E-state index contributed by atoms with van der Waals surface area (Å²) in [6.45, 7) is 7.85. The Labute approximate surface area is 153 Å². The highest BCUT2D eigenvalue weighted by molar-refractivity contribution is 5.62. The van der Waals surface area contributed by atoms with Crippen molar-refractivity contribution in [1.82, 2.24) is 9.78 Å². The summed E-state index contributed by atoms with van der Waals surface area (Å²) in [4.78, 5) is 0. The van der Waals surface area contributed by atoms with Crippen molar-refractivity contribution in [2.75, 3.05) is 6.61 Å². The van der Waals surface area contributed by atoms with Crippen molar-refractivity contribution in [3.05, 3.63) is 53.1 Å². The molecule has 136 valence electrons. The van der Waals surface area contributed by atoms with Crippen LogP contribution in [0, 0.1) is 16.6 Å². The first-order valence-electron chi connectivity index (χ1n) is 9.50. The van der Waals surface area contributed by atoms with Gasteiger partial charge in [0.25, 0.3) is 0 Å². The van der Waals surface area contributed by atoms with Crippen LogP contribution in [0.5, 0.6) is 0 Å². The van der Waals surface area contributed by atoms with Crippen LogP contribution in [0.1, 0.15) is 51.3 Å². The first-order chi connectivity index (χ1) is 12.3. The summed E-state index contributed by atoms with van der Waals surface area (Å²) in [5.41, 5.74) is 5.03. The Kier molecular flexibility index (Phi) is 3.17. The molecule has 5 rings (SSSR count). The Morgan fingerprint density at radius 3 is 2.62 bits per heavy atom. The molecular weight excluding hydrogens is 327 g/mol. The van der Waals surface area contributed by atoms with Crippen LogP contribution >= 0.6 is 0 Å². The molecule has 26 heavy (non-hydrogen) atoms. The van der Waals surface area contributed by atoms with Gasteiger partial charge in [-0.15, -0.1) is 0 Å². The van der Waals surface area contributed by atoms with E-state index >= 15 is 0 Å². The molecule has 4 heteroatoms. The van der Waals surface area contributed by atoms with E-state index in [1.54, 1.807) is 12.1 Å². The van der Waals surface area contributed by atoms with E-state index in [4.69, 9.17) is 4.74 Å². The number of hydrogen-bond acceptors (Lipinski definition) is 2. The van der Waals surface area contributed by atoms with Crippen molar-refractivity contribution in [3.8, 4) is 5.69 Å². The predicted molar refractivity (Wildman–Crippen MR) is 99.6 cm³/mol. The summed E-state index contributed by atoms with van der Waals surface area (Å²) < 4.78 is 21.7. The van der Waals surface area contributed by atoms with Gasteiger partial charge in [-0.2, -0.15) is 5.10 Å². The summed E-state index contributed by atoms with van der Waals surface area (Å²) in [5.74, 6) is -0.223. The lowest BCUT2D eigenvalue weighted by Crippen LogP contribution is -2.45. The minimum absolute atomic E-state index is 0.0437. The number of aromatic nitrogens is 2. The second-order valence-electron chi connectivity index (χ2n) is 9.25. The summed E-state index contributed by atoms with van der Waals surface area (Å²) in [6.07, 6.45) is 8.57. The molecule has 2 aliphatic carbocycles. The molecule has 0 N–H and O–H groups in total. The summed E-state index contributed by atoms with van der Waals surface area (Å²) in [7, 11) is 0. The Morgan fingerprint density at radius 1 is 1.15 bits per heavy atom. The largest absolute Gasteiger partial charge is 0.373 e. The van der Waals surface area contributed by atoms with Crippen molar-refractivity contribution in [2.45, 2.75) is 52.1 Å². The average Bonchev–Trinajstić information content (AvgIpc) is 3.22. The normalized spacial score (nSPS) is 31.8. The molecular formula is C22H25FN2O. The van der Waals surface area contributed by atoms with Crippen LogP contribution in [0.4, 0.5) is 4.39 Å². The molecule has 0 bridgehead atoms. The highest BCUT2D eigenvalue weighted by atomic mass is 19.1. The average molecular weight is 352 g/mol. The summed E-state index contributed by atoms with van der Waals surface area (Å²) >= 11 is 0. The lowest BCUT2D eigenvalue weighted by atomic mass is 9.64. The SMILES string of the molecule is CC1(C)CO[C@]2(CCC3=Cc4c(cnn4-c4ccc(F)cc4)C[C@@]32C)C1. The lowest BCUT2D eigenvalue weighted by molar-refractivity contribution is -0.0619. The van der Waals surface area contributed by atoms with E-state index in [1.165, 1.54) is 23.3 Å². The first-order valence-corrected chi connectivity index (χ1v) is 9.50. The van der Waals surface area contributed by atoms with Crippen molar-refractivity contribution in [2.24, 2.45) is 10.8 Å². The Morgan fingerprint density at radius 2 is 1.92 bits per heavy atom. The van der Waals surface area contributed by atoms with Gasteiger partial charge in [0, 0.05) is 5.41 Å². The third-order valence-electron chi connectivity index (χ3n) is 6.83. The van der Waals surface area contributed by atoms with Crippen molar-refractivity contribution < 1.29 is 9.13 Å². The Bertz CT molecular complexity index is 911. The fourth-order valence-electron chi connectivity index (χ4n) is 5.43. The van der Waals surface area contributed by atoms with Crippen molar-refractivity contribution in [1.29, 1.82) is 0 Å². The molecule has 0 unspecified atom stereocenters. The first kappa shape index (κ1) is 16.2. The van der Waals surface area contributed by atoms with E-state index in [2.05, 4.69) is 31.9 Å². The second kappa shape index (κ2) is 5.07. The molecule has 2 aromatic rings. The fourth-order valence-corrected chi connectivity index (χ4v) is 5.43. The van der Waals surface area contributed by atoms with Crippen molar-refractivity contribution in [3.63, 3.8) is 0 Å². The fraction of sp³-hybridized carbons (Fsp3) is 0.500. The Hall–Kier alpha value is -1.94. The highest BCUT2D eigenvalue weighted by Crippen LogP contribution is 2.62. The molecule has 1 saturated heterocycles. The molecule has 3 nitrogen and oxygen atoms in total. The molecule has 2 heterocycles. The number of nitrogens with zero attached hydrogens (tertiary/aromatic N) is 2. The van der Waals surface area contributed by atoms with Gasteiger partial charge in [0.15, 0.2) is 0 Å². The minimum Gasteiger partial charge on any atom is -0.373 e. The second-order valence-corrected chi connectivity index (χ2v) is 9.25. The van der Waals surface area contributed by atoms with Crippen LogP contribution in [0.2, 0.25) is 0 Å². The maximum absolute atomic E-state index is 13.3. The van der Waals surface area contributed by atoms with Crippen molar-refractivity contribution >= 4 is 6.08 Å². The van der Waals surface area contributed by atoms with Crippen LogP contribution in [-0.2, 0) is 11.2 Å². The lowest BCUT2D eigenvalue weighted by Gasteiger charge is -2.43. The number of fused-ring (bicyclic) bond motifs is 3. The molecule has 1 aromatic carbocycles. The van der Waals surface area contributed by atoms with Gasteiger partial charge in [-0.05, 0) is 67.0 Å². The van der Waals surface area contributed by atoms with Crippen LogP contribution in [0.3, 0.4) is 0 Å². The van der Waals surface area contributed by atoms with Gasteiger partial charge in [-0.1, -0.05) is 26.3 Å². The van der Waals surface area contributed by atoms with Crippen LogP contribution < -0.4 is 0 Å². The standard InChI is InChI=1S/C22H25FN2O/c1-20(2)13-22(26-14-20)9-8-16-10-19-15(11-21(16,22)3)12-24-25(19)18-6-4-17(23)5-7-18/h4-7,10,12H,8-9,11,13-14H2,1-3H3/t21-,22+/m0/s1. The van der Waals surface area contributed by atoms with E-state index in [0.29, 0.717) is 0 Å². The van der Waals surface area contributed by atoms with Gasteiger partial charge in [-0.25, -0.2) is 9.07 Å². The molecule has 2 atom stereocenters. The molecule has 1 aliphatic heterocycles. The third-order valence-corrected chi connectivity index (χ3v) is 6.83. The highest BCUT2D eigenvalue weighted by Gasteiger charge is 2.61. The van der Waals surface area contributed by atoms with Gasteiger partial charge in [-0.3, -0.25) is 0 Å². The minimum atomic E-state index is -0.223. The van der Waals surface area contributed by atoms with Gasteiger partial charge >= 0.3 is 0 Å². The van der Waals surface area contributed by atoms with Gasteiger partial charge < -0.3 is 4.74 Å². The zero-order chi connectivity index (χ0) is 18.2. The number of rotatable bonds is 1.